The number of thiazole rings is 1. The molecule has 0 bridgehead atoms. The fourth-order valence-corrected chi connectivity index (χ4v) is 8.80. The average molecular weight is 708 g/mol. The quantitative estimate of drug-likeness (QED) is 0.167. The van der Waals surface area contributed by atoms with Crippen LogP contribution >= 0.6 is 11.3 Å². The van der Waals surface area contributed by atoms with Crippen LogP contribution in [0.1, 0.15) is 131 Å². The summed E-state index contributed by atoms with van der Waals surface area (Å²) in [6.45, 7) is 34.7. The Hall–Kier alpha value is -3.83. The summed E-state index contributed by atoms with van der Waals surface area (Å²) in [5.41, 5.74) is 15.3. The number of benzene rings is 4. The molecule has 0 unspecified atom stereocenters. The molecule has 0 spiro atoms. The minimum Gasteiger partial charge on any atom is -0.311 e. The third kappa shape index (κ3) is 6.21. The predicted octanol–water partition coefficient (Wildman–Crippen LogP) is 11.7. The molecular weight excluding hydrogens is 649 g/mol. The van der Waals surface area contributed by atoms with Gasteiger partial charge in [0.25, 0.3) is 6.71 Å². The average Bonchev–Trinajstić information content (AvgIpc) is 3.48. The molecule has 52 heavy (non-hydrogen) atoms. The van der Waals surface area contributed by atoms with E-state index in [1.807, 2.05) is 11.3 Å². The van der Waals surface area contributed by atoms with Gasteiger partial charge < -0.3 is 9.80 Å². The van der Waals surface area contributed by atoms with E-state index in [1.165, 1.54) is 77.2 Å². The van der Waals surface area contributed by atoms with Crippen LogP contribution in [0.5, 0.6) is 0 Å². The van der Waals surface area contributed by atoms with Gasteiger partial charge >= 0.3 is 0 Å². The molecule has 270 valence electrons. The molecule has 5 aromatic rings. The zero-order valence-corrected chi connectivity index (χ0v) is 35.1. The predicted molar refractivity (Wildman–Crippen MR) is 230 cm³/mol. The number of rotatable bonds is 2. The highest BCUT2D eigenvalue weighted by Crippen LogP contribution is 2.48. The van der Waals surface area contributed by atoms with Gasteiger partial charge in [0.1, 0.15) is 5.00 Å². The fourth-order valence-electron chi connectivity index (χ4n) is 7.61. The van der Waals surface area contributed by atoms with E-state index in [0.29, 0.717) is 0 Å². The van der Waals surface area contributed by atoms with Crippen molar-refractivity contribution in [2.45, 2.75) is 131 Å². The third-order valence-corrected chi connectivity index (χ3v) is 12.4. The zero-order valence-electron chi connectivity index (χ0n) is 34.3. The summed E-state index contributed by atoms with van der Waals surface area (Å²) in [5.74, 6) is 0. The first-order valence-electron chi connectivity index (χ1n) is 19.1. The van der Waals surface area contributed by atoms with Crippen molar-refractivity contribution in [3.63, 3.8) is 0 Å². The number of aromatic nitrogens is 1. The van der Waals surface area contributed by atoms with E-state index in [9.17, 15) is 0 Å². The van der Waals surface area contributed by atoms with Crippen molar-refractivity contribution in [1.29, 1.82) is 0 Å². The van der Waals surface area contributed by atoms with Gasteiger partial charge in [0.15, 0.2) is 0 Å². The van der Waals surface area contributed by atoms with E-state index in [0.717, 1.165) is 0 Å². The van der Waals surface area contributed by atoms with Gasteiger partial charge in [-0.25, -0.2) is 0 Å². The van der Waals surface area contributed by atoms with Gasteiger partial charge in [-0.05, 0) is 97.3 Å². The SMILES string of the molecule is CC(C)(C)c1ccc(N2c3ccc(C(C)(C)C)cc3B3c4nc(C(C)(C)C)sc4N(c4cc(C(C)(C)C)cc(C(C)(C)C)c4)c4cccc2c43)cc1. The smallest absolute Gasteiger partial charge is 0.276 e. The van der Waals surface area contributed by atoms with Crippen LogP contribution < -0.4 is 26.3 Å². The van der Waals surface area contributed by atoms with E-state index in [1.54, 1.807) is 0 Å². The van der Waals surface area contributed by atoms with Crippen LogP contribution in [0.25, 0.3) is 0 Å². The lowest BCUT2D eigenvalue weighted by atomic mass is 9.35. The summed E-state index contributed by atoms with van der Waals surface area (Å²) in [6, 6.07) is 30.7. The Morgan fingerprint density at radius 2 is 1.00 bits per heavy atom. The molecule has 2 aliphatic rings. The van der Waals surface area contributed by atoms with Crippen LogP contribution in [0.4, 0.5) is 33.4 Å². The first-order valence-corrected chi connectivity index (χ1v) is 19.9. The second kappa shape index (κ2) is 11.8. The van der Waals surface area contributed by atoms with Crippen LogP contribution in [0.15, 0.2) is 78.9 Å². The maximum atomic E-state index is 5.65. The van der Waals surface area contributed by atoms with Gasteiger partial charge in [-0.15, -0.1) is 11.3 Å². The van der Waals surface area contributed by atoms with Gasteiger partial charge in [-0.2, -0.15) is 0 Å². The van der Waals surface area contributed by atoms with Crippen LogP contribution in [0.3, 0.4) is 0 Å². The van der Waals surface area contributed by atoms with Crippen LogP contribution in [-0.4, -0.2) is 11.7 Å². The summed E-state index contributed by atoms with van der Waals surface area (Å²) in [4.78, 5) is 10.7. The van der Waals surface area contributed by atoms with Gasteiger partial charge in [0, 0.05) is 33.9 Å². The molecule has 1 aromatic heterocycles. The van der Waals surface area contributed by atoms with E-state index in [4.69, 9.17) is 4.98 Å². The topological polar surface area (TPSA) is 19.4 Å². The van der Waals surface area contributed by atoms with Gasteiger partial charge in [-0.1, -0.05) is 140 Å². The van der Waals surface area contributed by atoms with Crippen molar-refractivity contribution in [1.82, 2.24) is 4.98 Å². The number of anilines is 6. The van der Waals surface area contributed by atoms with Crippen molar-refractivity contribution in [3.8, 4) is 0 Å². The summed E-state index contributed by atoms with van der Waals surface area (Å²) in [7, 11) is 0. The first-order chi connectivity index (χ1) is 23.9. The van der Waals surface area contributed by atoms with E-state index >= 15 is 0 Å². The molecule has 0 aliphatic carbocycles. The molecule has 0 atom stereocenters. The molecule has 0 radical (unpaired) electrons. The van der Waals surface area contributed by atoms with E-state index in [-0.39, 0.29) is 33.8 Å². The number of hydrogen-bond donors (Lipinski definition) is 0. The molecule has 0 saturated carbocycles. The fraction of sp³-hybridized carbons (Fsp3) is 0.426. The van der Waals surface area contributed by atoms with Gasteiger partial charge in [0.05, 0.1) is 10.6 Å². The monoisotopic (exact) mass is 707 g/mol. The van der Waals surface area contributed by atoms with Gasteiger partial charge in [-0.3, -0.25) is 4.98 Å². The Balaban J connectivity index is 1.57. The van der Waals surface area contributed by atoms with Gasteiger partial charge in [0.2, 0.25) is 0 Å². The van der Waals surface area contributed by atoms with Crippen molar-refractivity contribution in [3.05, 3.63) is 106 Å². The second-order valence-electron chi connectivity index (χ2n) is 20.4. The minimum absolute atomic E-state index is 0.00411. The Morgan fingerprint density at radius 3 is 1.52 bits per heavy atom. The molecule has 3 nitrogen and oxygen atoms in total. The number of fused-ring (bicyclic) bond motifs is 4. The highest BCUT2D eigenvalue weighted by atomic mass is 32.1. The zero-order chi connectivity index (χ0) is 37.9. The first kappa shape index (κ1) is 36.5. The van der Waals surface area contributed by atoms with Crippen molar-refractivity contribution >= 4 is 68.0 Å². The molecular formula is C47H58BN3S. The number of nitrogens with zero attached hydrogens (tertiary/aromatic N) is 3. The lowest BCUT2D eigenvalue weighted by molar-refractivity contribution is 0.569. The highest BCUT2D eigenvalue weighted by molar-refractivity contribution is 7.19. The Labute approximate surface area is 318 Å². The Bertz CT molecular complexity index is 2140. The van der Waals surface area contributed by atoms with Crippen molar-refractivity contribution in [2.75, 3.05) is 9.80 Å². The summed E-state index contributed by atoms with van der Waals surface area (Å²) in [5, 5.41) is 2.41. The summed E-state index contributed by atoms with van der Waals surface area (Å²) in [6.07, 6.45) is 0. The van der Waals surface area contributed by atoms with Crippen LogP contribution in [-0.2, 0) is 27.1 Å². The van der Waals surface area contributed by atoms with E-state index < -0.39 is 0 Å². The molecule has 0 amide bonds. The minimum atomic E-state index is -0.0852. The van der Waals surface area contributed by atoms with Crippen molar-refractivity contribution in [2.24, 2.45) is 0 Å². The standard InChI is InChI=1S/C47H58BN3S/c1-43(2,3)29-19-22-33(23-20-29)50-36-24-21-30(44(4,5)6)28-35(36)48-39-37(50)17-16-18-38(39)51(41-40(48)49-42(52-41)47(13,14)15)34-26-31(45(7,8)9)25-32(27-34)46(10,11)12/h16-28H,1-15H3. The molecule has 2 aliphatic heterocycles. The largest absolute Gasteiger partial charge is 0.311 e. The van der Waals surface area contributed by atoms with Crippen LogP contribution in [0, 0.1) is 0 Å². The molecule has 7 rings (SSSR count). The second-order valence-corrected chi connectivity index (χ2v) is 21.3. The lowest BCUT2D eigenvalue weighted by Gasteiger charge is -2.43. The van der Waals surface area contributed by atoms with Crippen molar-refractivity contribution < 1.29 is 0 Å². The normalized spacial score (nSPS) is 14.7. The molecule has 5 heteroatoms. The molecule has 4 aromatic carbocycles. The molecule has 0 fully saturated rings. The molecule has 0 N–H and O–H groups in total. The third-order valence-electron chi connectivity index (χ3n) is 10.9. The molecule has 3 heterocycles. The highest BCUT2D eigenvalue weighted by Gasteiger charge is 2.46. The Morgan fingerprint density at radius 1 is 0.481 bits per heavy atom. The summed E-state index contributed by atoms with van der Waals surface area (Å²) < 4.78 is 0. The lowest BCUT2D eigenvalue weighted by Crippen LogP contribution is -2.61. The Kier molecular flexibility index (Phi) is 8.32. The molecule has 0 saturated heterocycles. The van der Waals surface area contributed by atoms with Crippen LogP contribution in [0.2, 0.25) is 0 Å². The maximum Gasteiger partial charge on any atom is 0.276 e. The van der Waals surface area contributed by atoms with E-state index in [2.05, 4.69) is 193 Å². The summed E-state index contributed by atoms with van der Waals surface area (Å²) >= 11 is 1.87. The number of hydrogen-bond acceptors (Lipinski definition) is 4. The maximum absolute atomic E-state index is 5.65.